The van der Waals surface area contributed by atoms with Crippen LogP contribution in [0.1, 0.15) is 0 Å². The number of rotatable bonds is 2. The minimum Gasteiger partial charge on any atom is -0.458 e. The van der Waals surface area contributed by atoms with Crippen LogP contribution in [0.4, 0.5) is 0 Å². The second-order valence-electron chi connectivity index (χ2n) is 12.8. The topological polar surface area (TPSA) is 23.4 Å². The fraction of sp³-hybridized carbons (Fsp3) is 0. The van der Waals surface area contributed by atoms with Crippen molar-refractivity contribution in [2.45, 2.75) is 0 Å². The van der Waals surface area contributed by atoms with Gasteiger partial charge in [-0.15, -0.1) is 0 Å². The van der Waals surface area contributed by atoms with E-state index in [1.807, 2.05) is 12.1 Å². The zero-order valence-electron chi connectivity index (χ0n) is 25.9. The Bertz CT molecular complexity index is 2690. The van der Waals surface area contributed by atoms with Crippen LogP contribution in [0, 0.1) is 0 Å². The molecule has 4 heteroatoms. The Kier molecular flexibility index (Phi) is 5.19. The molecule has 3 nitrogen and oxygen atoms in total. The molecule has 9 aromatic rings. The first-order valence-electron chi connectivity index (χ1n) is 16.5. The van der Waals surface area contributed by atoms with Crippen LogP contribution in [-0.2, 0) is 0 Å². The summed E-state index contributed by atoms with van der Waals surface area (Å²) in [5.74, 6) is 3.45. The summed E-state index contributed by atoms with van der Waals surface area (Å²) in [4.78, 5) is 0. The maximum absolute atomic E-state index is 6.70. The number of fused-ring (bicyclic) bond motifs is 9. The molecule has 222 valence electrons. The third-order valence-corrected chi connectivity index (χ3v) is 10.3. The second-order valence-corrected chi connectivity index (χ2v) is 12.8. The van der Waals surface area contributed by atoms with Crippen molar-refractivity contribution >= 4 is 66.5 Å². The van der Waals surface area contributed by atoms with E-state index in [9.17, 15) is 0 Å². The third kappa shape index (κ3) is 3.49. The minimum absolute atomic E-state index is 0.0448. The molecule has 48 heavy (non-hydrogen) atoms. The predicted octanol–water partition coefficient (Wildman–Crippen LogP) is 9.48. The van der Waals surface area contributed by atoms with E-state index in [0.717, 1.165) is 45.2 Å². The van der Waals surface area contributed by atoms with E-state index >= 15 is 0 Å². The highest BCUT2D eigenvalue weighted by molar-refractivity contribution is 6.98. The average molecular weight is 612 g/mol. The Morgan fingerprint density at radius 2 is 0.979 bits per heavy atom. The number of aromatic nitrogens is 1. The van der Waals surface area contributed by atoms with Crippen molar-refractivity contribution in [2.24, 2.45) is 0 Å². The van der Waals surface area contributed by atoms with Crippen molar-refractivity contribution in [1.82, 2.24) is 4.57 Å². The fourth-order valence-corrected chi connectivity index (χ4v) is 8.32. The van der Waals surface area contributed by atoms with E-state index < -0.39 is 0 Å². The first-order chi connectivity index (χ1) is 23.8. The van der Waals surface area contributed by atoms with Gasteiger partial charge in [-0.3, -0.25) is 0 Å². The highest BCUT2D eigenvalue weighted by atomic mass is 16.5. The van der Waals surface area contributed by atoms with Crippen molar-refractivity contribution in [3.05, 3.63) is 158 Å². The molecular weight excluding hydrogens is 585 g/mol. The van der Waals surface area contributed by atoms with Gasteiger partial charge in [-0.05, 0) is 73.9 Å². The molecule has 3 heterocycles. The molecule has 0 aliphatic carbocycles. The van der Waals surface area contributed by atoms with Crippen LogP contribution in [-0.4, -0.2) is 11.3 Å². The lowest BCUT2D eigenvalue weighted by Crippen LogP contribution is -2.57. The van der Waals surface area contributed by atoms with Crippen LogP contribution in [0.5, 0.6) is 23.0 Å². The molecule has 0 radical (unpaired) electrons. The lowest BCUT2D eigenvalue weighted by Gasteiger charge is -2.33. The number of hydrogen-bond acceptors (Lipinski definition) is 2. The SMILES string of the molecule is c1ccc2c(c1)Oc1cc(-n3c4ccccc4c4c(-c5c6ccccc6cc6ccccc56)cccc43)cc3c1B2c1ccccc1O3. The van der Waals surface area contributed by atoms with Gasteiger partial charge in [0.15, 0.2) is 0 Å². The molecule has 2 aliphatic heterocycles. The predicted molar refractivity (Wildman–Crippen MR) is 199 cm³/mol. The first kappa shape index (κ1) is 25.9. The number of ether oxygens (including phenoxy) is 2. The van der Waals surface area contributed by atoms with Gasteiger partial charge in [-0.2, -0.15) is 0 Å². The van der Waals surface area contributed by atoms with Gasteiger partial charge in [-0.1, -0.05) is 115 Å². The molecule has 0 unspecified atom stereocenters. The van der Waals surface area contributed by atoms with Crippen LogP contribution < -0.4 is 25.9 Å². The van der Waals surface area contributed by atoms with Crippen molar-refractivity contribution in [3.8, 4) is 39.8 Å². The zero-order valence-corrected chi connectivity index (χ0v) is 25.9. The van der Waals surface area contributed by atoms with Gasteiger partial charge < -0.3 is 14.0 Å². The lowest BCUT2D eigenvalue weighted by molar-refractivity contribution is 0.464. The summed E-state index contributed by atoms with van der Waals surface area (Å²) in [6, 6.07) is 56.4. The number of para-hydroxylation sites is 3. The van der Waals surface area contributed by atoms with E-state index in [1.54, 1.807) is 0 Å². The van der Waals surface area contributed by atoms with Crippen molar-refractivity contribution in [2.75, 3.05) is 0 Å². The molecule has 0 N–H and O–H groups in total. The van der Waals surface area contributed by atoms with Crippen LogP contribution >= 0.6 is 0 Å². The van der Waals surface area contributed by atoms with E-state index in [0.29, 0.717) is 0 Å². The van der Waals surface area contributed by atoms with Gasteiger partial charge in [0.25, 0.3) is 6.71 Å². The highest BCUT2D eigenvalue weighted by Gasteiger charge is 2.40. The molecule has 0 fully saturated rings. The van der Waals surface area contributed by atoms with Gasteiger partial charge in [0.05, 0.1) is 16.7 Å². The van der Waals surface area contributed by atoms with Gasteiger partial charge in [0.2, 0.25) is 0 Å². The molecule has 2 aliphatic rings. The Morgan fingerprint density at radius 3 is 1.65 bits per heavy atom. The van der Waals surface area contributed by atoms with Gasteiger partial charge >= 0.3 is 0 Å². The number of benzene rings is 8. The van der Waals surface area contributed by atoms with E-state index in [4.69, 9.17) is 9.47 Å². The summed E-state index contributed by atoms with van der Waals surface area (Å²) in [7, 11) is 0. The quantitative estimate of drug-likeness (QED) is 0.144. The minimum atomic E-state index is 0.0448. The fourth-order valence-electron chi connectivity index (χ4n) is 8.32. The summed E-state index contributed by atoms with van der Waals surface area (Å²) in [5.41, 5.74) is 9.19. The molecule has 0 bridgehead atoms. The third-order valence-electron chi connectivity index (χ3n) is 10.3. The monoisotopic (exact) mass is 611 g/mol. The summed E-state index contributed by atoms with van der Waals surface area (Å²) in [5, 5.41) is 7.43. The first-order valence-corrected chi connectivity index (χ1v) is 16.5. The normalized spacial score (nSPS) is 12.9. The Morgan fingerprint density at radius 1 is 0.438 bits per heavy atom. The van der Waals surface area contributed by atoms with Gasteiger partial charge in [0.1, 0.15) is 23.0 Å². The second kappa shape index (κ2) is 9.63. The molecular formula is C44H26BNO2. The van der Waals surface area contributed by atoms with E-state index in [-0.39, 0.29) is 6.71 Å². The summed E-state index contributed by atoms with van der Waals surface area (Å²) >= 11 is 0. The van der Waals surface area contributed by atoms with Crippen molar-refractivity contribution in [3.63, 3.8) is 0 Å². The van der Waals surface area contributed by atoms with Crippen molar-refractivity contribution in [1.29, 1.82) is 0 Å². The molecule has 0 saturated carbocycles. The van der Waals surface area contributed by atoms with Crippen LogP contribution in [0.2, 0.25) is 0 Å². The molecule has 1 aromatic heterocycles. The largest absolute Gasteiger partial charge is 0.458 e. The molecule has 11 rings (SSSR count). The molecule has 0 spiro atoms. The van der Waals surface area contributed by atoms with E-state index in [1.165, 1.54) is 54.4 Å². The number of hydrogen-bond donors (Lipinski definition) is 0. The lowest BCUT2D eigenvalue weighted by atomic mass is 9.35. The molecule has 8 aromatic carbocycles. The zero-order chi connectivity index (χ0) is 31.3. The highest BCUT2D eigenvalue weighted by Crippen LogP contribution is 2.45. The van der Waals surface area contributed by atoms with Crippen LogP contribution in [0.15, 0.2) is 158 Å². The maximum Gasteiger partial charge on any atom is 0.260 e. The maximum atomic E-state index is 6.70. The summed E-state index contributed by atoms with van der Waals surface area (Å²) in [6.45, 7) is 0.0448. The van der Waals surface area contributed by atoms with Crippen LogP contribution in [0.25, 0.3) is 60.2 Å². The van der Waals surface area contributed by atoms with Gasteiger partial charge in [-0.25, -0.2) is 0 Å². The Hall–Kier alpha value is -6.26. The number of nitrogens with zero attached hydrogens (tertiary/aromatic N) is 1. The van der Waals surface area contributed by atoms with Gasteiger partial charge in [0, 0.05) is 28.4 Å². The Labute approximate surface area is 277 Å². The Balaban J connectivity index is 1.22. The average Bonchev–Trinajstić information content (AvgIpc) is 3.48. The summed E-state index contributed by atoms with van der Waals surface area (Å²) < 4.78 is 15.8. The van der Waals surface area contributed by atoms with Crippen LogP contribution in [0.3, 0.4) is 0 Å². The molecule has 0 amide bonds. The van der Waals surface area contributed by atoms with Crippen molar-refractivity contribution < 1.29 is 9.47 Å². The van der Waals surface area contributed by atoms with E-state index in [2.05, 4.69) is 150 Å². The summed E-state index contributed by atoms with van der Waals surface area (Å²) in [6.07, 6.45) is 0. The smallest absolute Gasteiger partial charge is 0.260 e. The molecule has 0 saturated heterocycles. The molecule has 0 atom stereocenters. The standard InChI is InChI=1S/C44H26BNO2/c1-3-14-30-27(12-1)24-28-13-2-4-15-31(28)42(30)33-17-11-21-37-43(33)32-16-5-8-20-36(32)46(37)29-25-40-44-41(26-29)48-39-23-10-7-19-35(39)45(44)34-18-6-9-22-38(34)47-40/h1-26H.